The molecule has 0 spiro atoms. The Balaban J connectivity index is 0.916. The summed E-state index contributed by atoms with van der Waals surface area (Å²) in [6.07, 6.45) is 0. The van der Waals surface area contributed by atoms with Gasteiger partial charge in [0.05, 0.1) is 38.6 Å². The van der Waals surface area contributed by atoms with Crippen molar-refractivity contribution < 1.29 is 19.1 Å². The third-order valence-corrected chi connectivity index (χ3v) is 14.2. The molecule has 0 radical (unpaired) electrons. The number of imide groups is 1. The minimum absolute atomic E-state index is 0.00902. The van der Waals surface area contributed by atoms with Gasteiger partial charge in [0, 0.05) is 65.5 Å². The molecule has 13 nitrogen and oxygen atoms in total. The molecule has 0 aliphatic carbocycles. The number of aromatic nitrogens is 2. The molecule has 69 heavy (non-hydrogen) atoms. The summed E-state index contributed by atoms with van der Waals surface area (Å²) in [6, 6.07) is 27.2. The second-order valence-electron chi connectivity index (χ2n) is 20.6. The van der Waals surface area contributed by atoms with E-state index in [0.29, 0.717) is 52.2 Å². The van der Waals surface area contributed by atoms with Gasteiger partial charge in [-0.3, -0.25) is 28.8 Å². The Morgan fingerprint density at radius 2 is 1.01 bits per heavy atom. The average molecular weight is 922 g/mol. The molecule has 1 saturated heterocycles. The third-order valence-electron chi connectivity index (χ3n) is 14.2. The number of benzene rings is 6. The van der Waals surface area contributed by atoms with Gasteiger partial charge in [0.15, 0.2) is 11.5 Å². The van der Waals surface area contributed by atoms with Gasteiger partial charge >= 0.3 is 0 Å². The van der Waals surface area contributed by atoms with Gasteiger partial charge in [-0.25, -0.2) is 14.0 Å². The molecular formula is C56H51N5O8. The monoisotopic (exact) mass is 921 g/mol. The average Bonchev–Trinajstić information content (AvgIpc) is 3.72. The summed E-state index contributed by atoms with van der Waals surface area (Å²) < 4.78 is 13.7. The van der Waals surface area contributed by atoms with Crippen molar-refractivity contribution in [1.82, 2.24) is 9.13 Å². The molecule has 5 heterocycles. The zero-order chi connectivity index (χ0) is 48.6. The van der Waals surface area contributed by atoms with E-state index in [0.717, 1.165) is 70.1 Å². The summed E-state index contributed by atoms with van der Waals surface area (Å²) in [5.41, 5.74) is 3.44. The Labute approximate surface area is 397 Å². The molecule has 3 aliphatic rings. The maximum Gasteiger partial charge on any atom is 0.266 e. The van der Waals surface area contributed by atoms with Gasteiger partial charge in [0.2, 0.25) is 0 Å². The van der Waals surface area contributed by atoms with E-state index < -0.39 is 39.5 Å². The van der Waals surface area contributed by atoms with E-state index in [2.05, 4.69) is 36.6 Å². The van der Waals surface area contributed by atoms with Crippen LogP contribution in [0.2, 0.25) is 0 Å². The predicted octanol–water partition coefficient (Wildman–Crippen LogP) is 8.15. The maximum atomic E-state index is 14.5. The van der Waals surface area contributed by atoms with E-state index >= 15 is 0 Å². The molecule has 0 atom stereocenters. The maximum absolute atomic E-state index is 14.5. The molecule has 2 aromatic heterocycles. The molecule has 11 rings (SSSR count). The lowest BCUT2D eigenvalue weighted by molar-refractivity contribution is 0.0893. The standard InChI is InChI=1S/C56H51N5O8/c1-30-25-44(60-51(64)37-28-39-40(29-38(37)52(60)65)54(67)61(53(39)66)45-26-32(55(3,4)5)12-15-41(45)56(6,7)8)31(2)24-43(30)59-49(62)35-11-9-10-34-42(16-14-36(48(34)35)50(59)63)58-20-18-57(19-21-58)33-13-17-46-47(27-33)69-23-22-68-46/h9-17,24-29H,18-23H2,1-8H3. The highest BCUT2D eigenvalue weighted by Crippen LogP contribution is 2.41. The topological polar surface area (TPSA) is 140 Å². The van der Waals surface area contributed by atoms with Crippen molar-refractivity contribution >= 4 is 61.2 Å². The van der Waals surface area contributed by atoms with Crippen LogP contribution in [0, 0.1) is 13.8 Å². The molecule has 0 bridgehead atoms. The molecule has 13 heteroatoms. The lowest BCUT2D eigenvalue weighted by atomic mass is 9.81. The summed E-state index contributed by atoms with van der Waals surface area (Å²) in [6.45, 7) is 19.7. The van der Waals surface area contributed by atoms with E-state index in [4.69, 9.17) is 9.47 Å². The van der Waals surface area contributed by atoms with Crippen molar-refractivity contribution in [2.45, 2.75) is 66.2 Å². The second-order valence-corrected chi connectivity index (χ2v) is 20.6. The van der Waals surface area contributed by atoms with Crippen LogP contribution in [0.5, 0.6) is 11.5 Å². The minimum atomic E-state index is -0.650. The van der Waals surface area contributed by atoms with Gasteiger partial charge in [-0.05, 0) is 108 Å². The van der Waals surface area contributed by atoms with Crippen LogP contribution in [-0.2, 0) is 10.8 Å². The summed E-state index contributed by atoms with van der Waals surface area (Å²) in [5, 5.41) is 1.54. The van der Waals surface area contributed by atoms with Gasteiger partial charge in [-0.2, -0.15) is 0 Å². The Hall–Kier alpha value is -7.80. The molecule has 8 aromatic rings. The highest BCUT2D eigenvalue weighted by atomic mass is 16.6. The molecule has 348 valence electrons. The van der Waals surface area contributed by atoms with Gasteiger partial charge < -0.3 is 19.3 Å². The van der Waals surface area contributed by atoms with E-state index in [1.807, 2.05) is 69.3 Å². The van der Waals surface area contributed by atoms with E-state index in [-0.39, 0.29) is 32.6 Å². The van der Waals surface area contributed by atoms with Crippen molar-refractivity contribution in [2.75, 3.05) is 54.1 Å². The quantitative estimate of drug-likeness (QED) is 0.155. The number of carbonyl (C=O) groups is 2. The summed E-state index contributed by atoms with van der Waals surface area (Å²) >= 11 is 0. The van der Waals surface area contributed by atoms with E-state index in [1.54, 1.807) is 38.1 Å². The number of amides is 2. The molecule has 0 saturated carbocycles. The van der Waals surface area contributed by atoms with Crippen LogP contribution in [0.1, 0.15) is 84.5 Å². The van der Waals surface area contributed by atoms with Crippen molar-refractivity contribution in [3.8, 4) is 22.9 Å². The molecule has 0 N–H and O–H groups in total. The van der Waals surface area contributed by atoms with Crippen molar-refractivity contribution in [2.24, 2.45) is 0 Å². The molecule has 3 aliphatic heterocycles. The Morgan fingerprint density at radius 1 is 0.464 bits per heavy atom. The van der Waals surface area contributed by atoms with Crippen LogP contribution in [0.3, 0.4) is 0 Å². The first kappa shape index (κ1) is 43.8. The molecule has 0 unspecified atom stereocenters. The Bertz CT molecular complexity index is 3670. The van der Waals surface area contributed by atoms with Gasteiger partial charge in [-0.15, -0.1) is 0 Å². The fourth-order valence-corrected chi connectivity index (χ4v) is 10.5. The number of aryl methyl sites for hydroxylation is 2. The number of rotatable bonds is 5. The molecule has 1 fully saturated rings. The first-order valence-electron chi connectivity index (χ1n) is 23.4. The predicted molar refractivity (Wildman–Crippen MR) is 271 cm³/mol. The SMILES string of the molecule is Cc1cc(-n2c(=O)c3cc4c(=O)n(-c5cc(C(C)(C)C)ccc5C(C)(C)C)c(=O)c4cc3c2=O)c(C)cc1N1C(=O)c2cccc3c(N4CCN(c5ccc6c(c5)OCCO6)CC4)ccc(c23)C1=O. The van der Waals surface area contributed by atoms with Crippen molar-refractivity contribution in [3.63, 3.8) is 0 Å². The van der Waals surface area contributed by atoms with Gasteiger partial charge in [0.25, 0.3) is 34.1 Å². The summed E-state index contributed by atoms with van der Waals surface area (Å²) in [7, 11) is 0. The van der Waals surface area contributed by atoms with Crippen molar-refractivity contribution in [1.29, 1.82) is 0 Å². The number of nitrogens with zero attached hydrogens (tertiary/aromatic N) is 5. The first-order chi connectivity index (χ1) is 32.8. The highest BCUT2D eigenvalue weighted by Gasteiger charge is 2.37. The van der Waals surface area contributed by atoms with Crippen LogP contribution >= 0.6 is 0 Å². The Morgan fingerprint density at radius 3 is 1.62 bits per heavy atom. The largest absolute Gasteiger partial charge is 0.486 e. The number of anilines is 3. The van der Waals surface area contributed by atoms with Crippen LogP contribution in [-0.4, -0.2) is 60.3 Å². The fourth-order valence-electron chi connectivity index (χ4n) is 10.5. The van der Waals surface area contributed by atoms with Crippen LogP contribution in [0.25, 0.3) is 43.7 Å². The smallest absolute Gasteiger partial charge is 0.266 e. The number of ether oxygens (including phenoxy) is 2. The number of piperazine rings is 1. The number of hydrogen-bond donors (Lipinski definition) is 0. The molecular weight excluding hydrogens is 871 g/mol. The lowest BCUT2D eigenvalue weighted by Gasteiger charge is -2.38. The van der Waals surface area contributed by atoms with Crippen LogP contribution < -0.4 is 46.4 Å². The highest BCUT2D eigenvalue weighted by molar-refractivity contribution is 6.36. The first-order valence-corrected chi connectivity index (χ1v) is 23.4. The van der Waals surface area contributed by atoms with Crippen LogP contribution in [0.4, 0.5) is 17.1 Å². The minimum Gasteiger partial charge on any atom is -0.486 e. The summed E-state index contributed by atoms with van der Waals surface area (Å²) in [5.74, 6) is 0.545. The number of hydrogen-bond acceptors (Lipinski definition) is 10. The second kappa shape index (κ2) is 15.4. The lowest BCUT2D eigenvalue weighted by Crippen LogP contribution is -2.46. The molecule has 2 amide bonds. The normalized spacial score (nSPS) is 15.3. The van der Waals surface area contributed by atoms with E-state index in [1.165, 1.54) is 21.6 Å². The zero-order valence-corrected chi connectivity index (χ0v) is 39.9. The van der Waals surface area contributed by atoms with Gasteiger partial charge in [0.1, 0.15) is 13.2 Å². The molecule has 6 aromatic carbocycles. The van der Waals surface area contributed by atoms with E-state index in [9.17, 15) is 28.8 Å². The fraction of sp³-hybridized carbons (Fsp3) is 0.286. The van der Waals surface area contributed by atoms with Crippen LogP contribution in [0.15, 0.2) is 110 Å². The summed E-state index contributed by atoms with van der Waals surface area (Å²) in [4.78, 5) is 92.0. The van der Waals surface area contributed by atoms with Gasteiger partial charge in [-0.1, -0.05) is 65.8 Å². The van der Waals surface area contributed by atoms with Crippen molar-refractivity contribution in [3.05, 3.63) is 166 Å². The zero-order valence-electron chi connectivity index (χ0n) is 39.9. The number of fused-ring (bicyclic) bond motifs is 3. The Kier molecular flexibility index (Phi) is 9.74. The third kappa shape index (κ3) is 6.72. The number of carbonyl (C=O) groups excluding carboxylic acids is 2.